The van der Waals surface area contributed by atoms with Crippen LogP contribution < -0.4 is 10.4 Å². The highest BCUT2D eigenvalue weighted by atomic mass is 16.5. The van der Waals surface area contributed by atoms with Gasteiger partial charge in [0.05, 0.1) is 23.8 Å². The lowest BCUT2D eigenvalue weighted by Crippen LogP contribution is -2.44. The number of nitrogens with zero attached hydrogens (tertiary/aromatic N) is 2. The van der Waals surface area contributed by atoms with Gasteiger partial charge in [-0.25, -0.2) is 0 Å². The van der Waals surface area contributed by atoms with Crippen molar-refractivity contribution in [1.29, 1.82) is 0 Å². The predicted molar refractivity (Wildman–Crippen MR) is 129 cm³/mol. The second-order valence-corrected chi connectivity index (χ2v) is 9.10. The minimum absolute atomic E-state index is 0.119. The summed E-state index contributed by atoms with van der Waals surface area (Å²) in [6.45, 7) is 7.68. The minimum atomic E-state index is -0.906. The molecule has 0 amide bonds. The van der Waals surface area contributed by atoms with Crippen LogP contribution in [0.1, 0.15) is 33.3 Å². The van der Waals surface area contributed by atoms with Gasteiger partial charge in [-0.1, -0.05) is 86.1 Å². The van der Waals surface area contributed by atoms with Crippen molar-refractivity contribution in [3.8, 4) is 0 Å². The quantitative estimate of drug-likeness (QED) is 0.701. The van der Waals surface area contributed by atoms with Gasteiger partial charge >= 0.3 is 7.48 Å². The molecule has 1 radical (unpaired) electrons. The number of para-hydroxylation sites is 1. The van der Waals surface area contributed by atoms with Crippen LogP contribution in [-0.2, 0) is 4.65 Å². The van der Waals surface area contributed by atoms with E-state index < -0.39 is 5.60 Å². The Hall–Kier alpha value is -2.63. The maximum Gasteiger partial charge on any atom is 0.330 e. The van der Waals surface area contributed by atoms with Crippen molar-refractivity contribution in [2.75, 3.05) is 4.90 Å². The highest BCUT2D eigenvalue weighted by Crippen LogP contribution is 2.31. The minimum Gasteiger partial charge on any atom is -0.428 e. The third-order valence-electron chi connectivity index (χ3n) is 5.73. The molecule has 0 fully saturated rings. The van der Waals surface area contributed by atoms with E-state index in [0.29, 0.717) is 0 Å². The molecule has 4 rings (SSSR count). The van der Waals surface area contributed by atoms with Crippen LogP contribution in [0, 0.1) is 5.92 Å². The van der Waals surface area contributed by atoms with Gasteiger partial charge in [-0.05, 0) is 31.9 Å². The third kappa shape index (κ3) is 4.68. The molecule has 31 heavy (non-hydrogen) atoms. The molecule has 3 atom stereocenters. The Labute approximate surface area is 186 Å². The summed E-state index contributed by atoms with van der Waals surface area (Å²) in [5, 5.41) is 10.4. The van der Waals surface area contributed by atoms with E-state index in [1.807, 2.05) is 18.2 Å². The Morgan fingerprint density at radius 2 is 1.68 bits per heavy atom. The summed E-state index contributed by atoms with van der Waals surface area (Å²) >= 11 is 0. The lowest BCUT2D eigenvalue weighted by Gasteiger charge is -2.32. The van der Waals surface area contributed by atoms with Crippen molar-refractivity contribution >= 4 is 24.5 Å². The molecule has 1 aliphatic carbocycles. The van der Waals surface area contributed by atoms with Crippen molar-refractivity contribution in [3.63, 3.8) is 0 Å². The molecule has 0 bridgehead atoms. The summed E-state index contributed by atoms with van der Waals surface area (Å²) in [5.41, 5.74) is 2.26. The first-order valence-electron chi connectivity index (χ1n) is 10.9. The molecule has 1 aliphatic heterocycles. The fourth-order valence-corrected chi connectivity index (χ4v) is 4.39. The molecule has 159 valence electrons. The summed E-state index contributed by atoms with van der Waals surface area (Å²) in [5.74, 6) is 1.17. The molecular formula is C26H30BN2O2. The molecule has 2 aromatic rings. The fourth-order valence-electron chi connectivity index (χ4n) is 4.39. The highest BCUT2D eigenvalue weighted by molar-refractivity contribution is 6.47. The zero-order valence-corrected chi connectivity index (χ0v) is 18.6. The smallest absolute Gasteiger partial charge is 0.330 e. The lowest BCUT2D eigenvalue weighted by molar-refractivity contribution is -0.0534. The van der Waals surface area contributed by atoms with Gasteiger partial charge in [0.15, 0.2) is 0 Å². The molecule has 4 nitrogen and oxygen atoms in total. The Balaban J connectivity index is 1.55. The third-order valence-corrected chi connectivity index (χ3v) is 5.73. The number of anilines is 1. The number of aliphatic imine (C=N–C) groups is 1. The molecule has 2 aromatic carbocycles. The largest absolute Gasteiger partial charge is 0.428 e. The average Bonchev–Trinajstić information content (AvgIpc) is 3.13. The van der Waals surface area contributed by atoms with E-state index in [0.717, 1.165) is 22.5 Å². The van der Waals surface area contributed by atoms with Gasteiger partial charge in [-0.15, -0.1) is 0 Å². The molecule has 5 heteroatoms. The molecule has 1 N–H and O–H groups in total. The van der Waals surface area contributed by atoms with Gasteiger partial charge < -0.3 is 14.7 Å². The van der Waals surface area contributed by atoms with Crippen molar-refractivity contribution in [1.82, 2.24) is 0 Å². The number of aliphatic hydroxyl groups is 1. The topological polar surface area (TPSA) is 45.1 Å². The van der Waals surface area contributed by atoms with Crippen molar-refractivity contribution in [3.05, 3.63) is 84.5 Å². The first kappa shape index (κ1) is 21.6. The SMILES string of the molecule is CC(C)C(O[B]c1ccc(C2=NC3C=CC=CC3N2c2ccccc2)cc1)C(C)(C)O. The van der Waals surface area contributed by atoms with Gasteiger partial charge in [-0.2, -0.15) is 0 Å². The molecule has 3 unspecified atom stereocenters. The molecule has 0 saturated carbocycles. The highest BCUT2D eigenvalue weighted by Gasteiger charge is 2.35. The van der Waals surface area contributed by atoms with Crippen LogP contribution in [0.15, 0.2) is 83.9 Å². The van der Waals surface area contributed by atoms with Gasteiger partial charge in [0.25, 0.3) is 0 Å². The number of benzene rings is 2. The van der Waals surface area contributed by atoms with E-state index in [4.69, 9.17) is 9.65 Å². The lowest BCUT2D eigenvalue weighted by atomic mass is 9.84. The van der Waals surface area contributed by atoms with E-state index in [-0.39, 0.29) is 24.1 Å². The Morgan fingerprint density at radius 1 is 1.00 bits per heavy atom. The number of hydrogen-bond donors (Lipinski definition) is 1. The van der Waals surface area contributed by atoms with E-state index >= 15 is 0 Å². The number of rotatable bonds is 7. The van der Waals surface area contributed by atoms with Crippen LogP contribution in [0.25, 0.3) is 0 Å². The number of hydrogen-bond acceptors (Lipinski definition) is 4. The summed E-state index contributed by atoms with van der Waals surface area (Å²) < 4.78 is 5.95. The van der Waals surface area contributed by atoms with Gasteiger partial charge in [0.2, 0.25) is 0 Å². The maximum atomic E-state index is 10.4. The van der Waals surface area contributed by atoms with E-state index in [1.54, 1.807) is 21.3 Å². The molecule has 0 saturated heterocycles. The van der Waals surface area contributed by atoms with E-state index in [1.165, 1.54) is 0 Å². The number of fused-ring (bicyclic) bond motifs is 1. The van der Waals surface area contributed by atoms with Crippen LogP contribution >= 0.6 is 0 Å². The summed E-state index contributed by atoms with van der Waals surface area (Å²) in [4.78, 5) is 7.34. The van der Waals surface area contributed by atoms with Crippen LogP contribution in [0.5, 0.6) is 0 Å². The Kier molecular flexibility index (Phi) is 6.17. The standard InChI is InChI=1S/C26H30BN2O2/c1-18(2)24(26(3,4)30)31-27-20-16-14-19(15-17-20)25-28-22-12-8-9-13-23(22)29(25)21-10-6-5-7-11-21/h5-18,22-24,30H,1-4H3. The Bertz CT molecular complexity index is 975. The second kappa shape index (κ2) is 8.85. The molecule has 0 spiro atoms. The monoisotopic (exact) mass is 413 g/mol. The van der Waals surface area contributed by atoms with Crippen LogP contribution in [0.3, 0.4) is 0 Å². The maximum absolute atomic E-state index is 10.4. The molecule has 1 heterocycles. The van der Waals surface area contributed by atoms with E-state index in [2.05, 4.69) is 79.4 Å². The van der Waals surface area contributed by atoms with Crippen LogP contribution in [0.4, 0.5) is 5.69 Å². The second-order valence-electron chi connectivity index (χ2n) is 9.10. The summed E-state index contributed by atoms with van der Waals surface area (Å²) in [6, 6.07) is 19.0. The first-order chi connectivity index (χ1) is 14.8. The van der Waals surface area contributed by atoms with Crippen molar-refractivity contribution in [2.24, 2.45) is 10.9 Å². The summed E-state index contributed by atoms with van der Waals surface area (Å²) in [6.07, 6.45) is 8.26. The van der Waals surface area contributed by atoms with Crippen LogP contribution in [-0.4, -0.2) is 42.2 Å². The van der Waals surface area contributed by atoms with Crippen molar-refractivity contribution < 1.29 is 9.76 Å². The molecular weight excluding hydrogens is 383 g/mol. The van der Waals surface area contributed by atoms with Gasteiger partial charge in [-0.3, -0.25) is 4.99 Å². The first-order valence-corrected chi connectivity index (χ1v) is 10.9. The zero-order chi connectivity index (χ0) is 22.0. The molecule has 2 aliphatic rings. The number of amidine groups is 1. The van der Waals surface area contributed by atoms with Gasteiger partial charge in [0.1, 0.15) is 5.84 Å². The normalized spacial score (nSPS) is 21.2. The molecule has 0 aromatic heterocycles. The van der Waals surface area contributed by atoms with Crippen molar-refractivity contribution in [2.45, 2.75) is 51.5 Å². The summed E-state index contributed by atoms with van der Waals surface area (Å²) in [7, 11) is 1.74. The predicted octanol–water partition coefficient (Wildman–Crippen LogP) is 3.87. The zero-order valence-electron chi connectivity index (χ0n) is 18.6. The number of allylic oxidation sites excluding steroid dienone is 2. The van der Waals surface area contributed by atoms with Crippen LogP contribution in [0.2, 0.25) is 0 Å². The fraction of sp³-hybridized carbons (Fsp3) is 0.346. The van der Waals surface area contributed by atoms with E-state index in [9.17, 15) is 5.11 Å². The van der Waals surface area contributed by atoms with Gasteiger partial charge in [0, 0.05) is 11.3 Å². The average molecular weight is 413 g/mol. The Morgan fingerprint density at radius 3 is 2.32 bits per heavy atom.